The van der Waals surface area contributed by atoms with Gasteiger partial charge in [0.1, 0.15) is 11.6 Å². The molecule has 0 unspecified atom stereocenters. The van der Waals surface area contributed by atoms with Gasteiger partial charge in [0.05, 0.1) is 13.2 Å². The highest BCUT2D eigenvalue weighted by atomic mass is 19.1. The van der Waals surface area contributed by atoms with E-state index in [0.29, 0.717) is 12.1 Å². The van der Waals surface area contributed by atoms with Crippen molar-refractivity contribution in [3.8, 4) is 5.75 Å². The fourth-order valence-electron chi connectivity index (χ4n) is 3.65. The number of nitrogens with one attached hydrogen (secondary N) is 1. The molecule has 1 saturated heterocycles. The van der Waals surface area contributed by atoms with Crippen molar-refractivity contribution in [1.82, 2.24) is 10.2 Å². The maximum atomic E-state index is 13.8. The Hall–Kier alpha value is -2.40. The summed E-state index contributed by atoms with van der Waals surface area (Å²) >= 11 is 0. The third-order valence-electron chi connectivity index (χ3n) is 5.27. The average Bonchev–Trinajstić information content (AvgIpc) is 2.70. The number of ether oxygens (including phenoxy) is 1. The Morgan fingerprint density at radius 3 is 2.56 bits per heavy atom. The molecule has 144 valence electrons. The maximum absolute atomic E-state index is 13.8. The van der Waals surface area contributed by atoms with Gasteiger partial charge in [0, 0.05) is 23.6 Å². The van der Waals surface area contributed by atoms with Crippen molar-refractivity contribution in [2.45, 2.75) is 32.4 Å². The van der Waals surface area contributed by atoms with Gasteiger partial charge in [-0.25, -0.2) is 4.39 Å². The van der Waals surface area contributed by atoms with E-state index in [1.165, 1.54) is 6.07 Å². The van der Waals surface area contributed by atoms with E-state index in [1.807, 2.05) is 43.3 Å². The number of carbonyl (C=O) groups is 1. The molecule has 0 saturated carbocycles. The monoisotopic (exact) mass is 370 g/mol. The van der Waals surface area contributed by atoms with Crippen LogP contribution in [0.1, 0.15) is 36.9 Å². The van der Waals surface area contributed by atoms with Crippen molar-refractivity contribution in [2.24, 2.45) is 5.92 Å². The molecule has 1 heterocycles. The molecule has 2 aromatic carbocycles. The van der Waals surface area contributed by atoms with Crippen LogP contribution in [0.5, 0.6) is 5.75 Å². The molecule has 1 fully saturated rings. The number of carbonyl (C=O) groups excluding carboxylic acids is 1. The zero-order chi connectivity index (χ0) is 19.2. The molecule has 4 nitrogen and oxygen atoms in total. The average molecular weight is 370 g/mol. The van der Waals surface area contributed by atoms with Gasteiger partial charge in [0.2, 0.25) is 5.91 Å². The molecule has 1 atom stereocenters. The van der Waals surface area contributed by atoms with Gasteiger partial charge in [-0.2, -0.15) is 0 Å². The Morgan fingerprint density at radius 1 is 1.19 bits per heavy atom. The van der Waals surface area contributed by atoms with E-state index >= 15 is 0 Å². The van der Waals surface area contributed by atoms with Gasteiger partial charge < -0.3 is 10.1 Å². The Morgan fingerprint density at radius 2 is 1.85 bits per heavy atom. The minimum absolute atomic E-state index is 0.000901. The number of rotatable bonds is 6. The number of amides is 1. The molecule has 1 N–H and O–H groups in total. The summed E-state index contributed by atoms with van der Waals surface area (Å²) in [5.41, 5.74) is 1.69. The quantitative estimate of drug-likeness (QED) is 0.838. The number of halogens is 1. The lowest BCUT2D eigenvalue weighted by Gasteiger charge is -2.32. The number of methoxy groups -OCH3 is 1. The van der Waals surface area contributed by atoms with Gasteiger partial charge in [-0.15, -0.1) is 0 Å². The molecular formula is C22H27FN2O2. The Bertz CT molecular complexity index is 772. The lowest BCUT2D eigenvalue weighted by atomic mass is 9.94. The molecule has 0 aliphatic carbocycles. The molecule has 1 aliphatic rings. The minimum Gasteiger partial charge on any atom is -0.496 e. The molecule has 0 spiro atoms. The fraction of sp³-hybridized carbons (Fsp3) is 0.409. The summed E-state index contributed by atoms with van der Waals surface area (Å²) in [6.45, 7) is 4.17. The van der Waals surface area contributed by atoms with Crippen molar-refractivity contribution >= 4 is 5.91 Å². The zero-order valence-electron chi connectivity index (χ0n) is 16.0. The van der Waals surface area contributed by atoms with Crippen LogP contribution in [0, 0.1) is 11.7 Å². The second kappa shape index (κ2) is 9.00. The first-order valence-electron chi connectivity index (χ1n) is 9.47. The van der Waals surface area contributed by atoms with Crippen LogP contribution in [0.25, 0.3) is 0 Å². The van der Waals surface area contributed by atoms with Gasteiger partial charge in [-0.05, 0) is 45.0 Å². The van der Waals surface area contributed by atoms with Crippen LogP contribution in [0.2, 0.25) is 0 Å². The van der Waals surface area contributed by atoms with Crippen LogP contribution in [-0.4, -0.2) is 31.0 Å². The Kier molecular flexibility index (Phi) is 6.45. The molecule has 5 heteroatoms. The van der Waals surface area contributed by atoms with Crippen molar-refractivity contribution < 1.29 is 13.9 Å². The summed E-state index contributed by atoms with van der Waals surface area (Å²) < 4.78 is 19.2. The topological polar surface area (TPSA) is 41.6 Å². The van der Waals surface area contributed by atoms with Gasteiger partial charge >= 0.3 is 0 Å². The van der Waals surface area contributed by atoms with E-state index < -0.39 is 0 Å². The van der Waals surface area contributed by atoms with Crippen molar-refractivity contribution in [3.05, 3.63) is 65.5 Å². The molecule has 0 radical (unpaired) electrons. The van der Waals surface area contributed by atoms with Crippen molar-refractivity contribution in [2.75, 3.05) is 20.2 Å². The summed E-state index contributed by atoms with van der Waals surface area (Å²) in [6, 6.07) is 14.5. The largest absolute Gasteiger partial charge is 0.496 e. The van der Waals surface area contributed by atoms with Crippen LogP contribution in [0.4, 0.5) is 4.39 Å². The highest BCUT2D eigenvalue weighted by molar-refractivity contribution is 5.79. The molecule has 27 heavy (non-hydrogen) atoms. The SMILES string of the molecule is COc1ccccc1[C@H](C)NC(=O)C1CCN(Cc2ccccc2F)CC1. The summed E-state index contributed by atoms with van der Waals surface area (Å²) in [7, 11) is 1.64. The predicted octanol–water partition coefficient (Wildman–Crippen LogP) is 3.92. The molecule has 3 rings (SSSR count). The maximum Gasteiger partial charge on any atom is 0.223 e. The highest BCUT2D eigenvalue weighted by Crippen LogP contribution is 2.26. The molecule has 0 bridgehead atoms. The summed E-state index contributed by atoms with van der Waals surface area (Å²) in [4.78, 5) is 14.9. The van der Waals surface area contributed by atoms with E-state index in [1.54, 1.807) is 13.2 Å². The van der Waals surface area contributed by atoms with Crippen LogP contribution in [-0.2, 0) is 11.3 Å². The predicted molar refractivity (Wildman–Crippen MR) is 104 cm³/mol. The lowest BCUT2D eigenvalue weighted by molar-refractivity contribution is -0.127. The van der Waals surface area contributed by atoms with Crippen LogP contribution in [0.3, 0.4) is 0 Å². The summed E-state index contributed by atoms with van der Waals surface area (Å²) in [6.07, 6.45) is 1.58. The van der Waals surface area contributed by atoms with E-state index in [4.69, 9.17) is 4.74 Å². The Balaban J connectivity index is 1.52. The second-order valence-electron chi connectivity index (χ2n) is 7.11. The number of hydrogen-bond donors (Lipinski definition) is 1. The van der Waals surface area contributed by atoms with Gasteiger partial charge in [-0.1, -0.05) is 36.4 Å². The molecular weight excluding hydrogens is 343 g/mol. The number of para-hydroxylation sites is 1. The first kappa shape index (κ1) is 19.4. The zero-order valence-corrected chi connectivity index (χ0v) is 16.0. The van der Waals surface area contributed by atoms with Crippen LogP contribution in [0.15, 0.2) is 48.5 Å². The lowest BCUT2D eigenvalue weighted by Crippen LogP contribution is -2.41. The summed E-state index contributed by atoms with van der Waals surface area (Å²) in [5, 5.41) is 3.12. The van der Waals surface area contributed by atoms with Crippen molar-refractivity contribution in [1.29, 1.82) is 0 Å². The molecule has 2 aromatic rings. The number of nitrogens with zero attached hydrogens (tertiary/aromatic N) is 1. The first-order valence-corrected chi connectivity index (χ1v) is 9.47. The number of hydrogen-bond acceptors (Lipinski definition) is 3. The Labute approximate surface area is 160 Å². The molecule has 0 aromatic heterocycles. The second-order valence-corrected chi connectivity index (χ2v) is 7.11. The number of piperidine rings is 1. The summed E-state index contributed by atoms with van der Waals surface area (Å²) in [5.74, 6) is 0.700. The van der Waals surface area contributed by atoms with Crippen molar-refractivity contribution in [3.63, 3.8) is 0 Å². The number of benzene rings is 2. The standard InChI is InChI=1S/C22H27FN2O2/c1-16(19-8-4-6-10-21(19)27-2)24-22(26)17-11-13-25(14-12-17)15-18-7-3-5-9-20(18)23/h3-10,16-17H,11-15H2,1-2H3,(H,24,26)/t16-/m0/s1. The third-order valence-corrected chi connectivity index (χ3v) is 5.27. The van der Waals surface area contributed by atoms with Gasteiger partial charge in [0.25, 0.3) is 0 Å². The van der Waals surface area contributed by atoms with Crippen LogP contribution < -0.4 is 10.1 Å². The normalized spacial score (nSPS) is 16.7. The van der Waals surface area contributed by atoms with Crippen LogP contribution >= 0.6 is 0 Å². The smallest absolute Gasteiger partial charge is 0.223 e. The first-order chi connectivity index (χ1) is 13.1. The van der Waals surface area contributed by atoms with E-state index in [2.05, 4.69) is 10.2 Å². The fourth-order valence-corrected chi connectivity index (χ4v) is 3.65. The van der Waals surface area contributed by atoms with E-state index in [0.717, 1.165) is 37.2 Å². The number of likely N-dealkylation sites (tertiary alicyclic amines) is 1. The minimum atomic E-state index is -0.164. The van der Waals surface area contributed by atoms with Gasteiger partial charge in [-0.3, -0.25) is 9.69 Å². The third kappa shape index (κ3) is 4.86. The van der Waals surface area contributed by atoms with E-state index in [-0.39, 0.29) is 23.7 Å². The molecule has 1 amide bonds. The van der Waals surface area contributed by atoms with Gasteiger partial charge in [0.15, 0.2) is 0 Å². The molecule has 1 aliphatic heterocycles. The van der Waals surface area contributed by atoms with E-state index in [9.17, 15) is 9.18 Å². The highest BCUT2D eigenvalue weighted by Gasteiger charge is 2.26.